The van der Waals surface area contributed by atoms with E-state index >= 15 is 0 Å². The van der Waals surface area contributed by atoms with Gasteiger partial charge in [-0.15, -0.1) is 0 Å². The van der Waals surface area contributed by atoms with Crippen LogP contribution in [0.2, 0.25) is 0 Å². The Labute approximate surface area is 405 Å². The van der Waals surface area contributed by atoms with Crippen LogP contribution in [-0.2, 0) is 18.9 Å². The molecular weight excluding hydrogens is 785 g/mol. The van der Waals surface area contributed by atoms with Gasteiger partial charge in [0.05, 0.1) is 0 Å². The molecule has 386 valence electrons. The molecular formula is C60H122O4. The maximum Gasteiger partial charge on any atom is 0.157 e. The molecule has 0 radical (unpaired) electrons. The number of rotatable bonds is 54. The van der Waals surface area contributed by atoms with Crippen LogP contribution in [0.15, 0.2) is 0 Å². The molecule has 0 saturated heterocycles. The average molecular weight is 908 g/mol. The summed E-state index contributed by atoms with van der Waals surface area (Å²) in [7, 11) is 0. The fraction of sp³-hybridized carbons (Fsp3) is 1.00. The summed E-state index contributed by atoms with van der Waals surface area (Å²) >= 11 is 0. The zero-order valence-electron chi connectivity index (χ0n) is 45.9. The molecule has 0 saturated carbocycles. The van der Waals surface area contributed by atoms with Gasteiger partial charge in [-0.25, -0.2) is 0 Å². The lowest BCUT2D eigenvalue weighted by atomic mass is 9.55. The molecule has 0 N–H and O–H groups in total. The van der Waals surface area contributed by atoms with Crippen molar-refractivity contribution in [1.29, 1.82) is 0 Å². The van der Waals surface area contributed by atoms with Gasteiger partial charge in [0.1, 0.15) is 0 Å². The fourth-order valence-electron chi connectivity index (χ4n) is 11.4. The Morgan fingerprint density at radius 2 is 0.453 bits per heavy atom. The van der Waals surface area contributed by atoms with Gasteiger partial charge in [-0.3, -0.25) is 0 Å². The Bertz CT molecular complexity index is 821. The maximum atomic E-state index is 5.81. The van der Waals surface area contributed by atoms with E-state index in [2.05, 4.69) is 62.3 Å². The third kappa shape index (κ3) is 36.8. The van der Waals surface area contributed by atoms with Crippen molar-refractivity contribution in [2.75, 3.05) is 26.4 Å². The van der Waals surface area contributed by atoms with Gasteiger partial charge >= 0.3 is 0 Å². The fourth-order valence-corrected chi connectivity index (χ4v) is 11.4. The summed E-state index contributed by atoms with van der Waals surface area (Å²) in [6.45, 7) is 24.0. The van der Waals surface area contributed by atoms with Gasteiger partial charge in [0.2, 0.25) is 0 Å². The first-order valence-electron chi connectivity index (χ1n) is 29.8. The molecule has 4 heteroatoms. The summed E-state index contributed by atoms with van der Waals surface area (Å²) in [5.41, 5.74) is 0.909. The number of ether oxygens (including phenoxy) is 4. The van der Waals surface area contributed by atoms with Crippen molar-refractivity contribution < 1.29 is 18.9 Å². The Balaban J connectivity index is 5.97. The van der Waals surface area contributed by atoms with Gasteiger partial charge in [-0.05, 0) is 102 Å². The van der Waals surface area contributed by atoms with Crippen molar-refractivity contribution in [3.05, 3.63) is 0 Å². The standard InChI is InChI=1S/C60H122O4/c1-10-17-20-23-28-35-42-49-56(59(8,52-45-38-31-24-21-18-11-2)54-47-40-33-26-29-36-43-50-57(61-13-4)62-14-5)60(9,53-46-39-32-25-22-19-12-3)55-48-41-34-27-30-37-44-51-58(63-15-6)64-16-7/h56-58H,10-55H2,1-9H3. The van der Waals surface area contributed by atoms with Crippen LogP contribution in [0.4, 0.5) is 0 Å². The summed E-state index contributed by atoms with van der Waals surface area (Å²) in [5, 5.41) is 0. The third-order valence-electron chi connectivity index (χ3n) is 15.3. The van der Waals surface area contributed by atoms with Crippen LogP contribution < -0.4 is 0 Å². The molecule has 0 aromatic carbocycles. The molecule has 0 amide bonds. The monoisotopic (exact) mass is 907 g/mol. The number of hydrogen-bond acceptors (Lipinski definition) is 4. The van der Waals surface area contributed by atoms with Crippen LogP contribution in [0.5, 0.6) is 0 Å². The van der Waals surface area contributed by atoms with Crippen LogP contribution in [0.3, 0.4) is 0 Å². The molecule has 0 aromatic rings. The lowest BCUT2D eigenvalue weighted by molar-refractivity contribution is -0.140. The molecule has 0 rings (SSSR count). The first kappa shape index (κ1) is 63.8. The lowest BCUT2D eigenvalue weighted by Crippen LogP contribution is -2.40. The van der Waals surface area contributed by atoms with Crippen molar-refractivity contribution in [3.8, 4) is 0 Å². The van der Waals surface area contributed by atoms with E-state index in [-0.39, 0.29) is 12.6 Å². The Morgan fingerprint density at radius 3 is 0.688 bits per heavy atom. The minimum atomic E-state index is -0.00409. The molecule has 0 heterocycles. The number of unbranched alkanes of at least 4 members (excludes halogenated alkanes) is 30. The molecule has 0 aromatic heterocycles. The average Bonchev–Trinajstić information content (AvgIpc) is 3.28. The first-order valence-corrected chi connectivity index (χ1v) is 29.8. The van der Waals surface area contributed by atoms with E-state index < -0.39 is 0 Å². The van der Waals surface area contributed by atoms with Crippen molar-refractivity contribution in [2.24, 2.45) is 16.7 Å². The molecule has 0 bridgehead atoms. The Morgan fingerprint density at radius 1 is 0.250 bits per heavy atom. The molecule has 0 spiro atoms. The summed E-state index contributed by atoms with van der Waals surface area (Å²) in [5.74, 6) is 0.850. The normalized spacial score (nSPS) is 14.5. The highest BCUT2D eigenvalue weighted by molar-refractivity contribution is 4.94. The summed E-state index contributed by atoms with van der Waals surface area (Å²) in [4.78, 5) is 0. The van der Waals surface area contributed by atoms with E-state index in [0.29, 0.717) is 10.8 Å². The summed E-state index contributed by atoms with van der Waals surface area (Å²) in [6, 6.07) is 0. The third-order valence-corrected chi connectivity index (χ3v) is 15.3. The predicted molar refractivity (Wildman–Crippen MR) is 285 cm³/mol. The van der Waals surface area contributed by atoms with Crippen molar-refractivity contribution in [3.63, 3.8) is 0 Å². The van der Waals surface area contributed by atoms with Gasteiger partial charge in [-0.2, -0.15) is 0 Å². The largest absolute Gasteiger partial charge is 0.353 e. The van der Waals surface area contributed by atoms with E-state index in [0.717, 1.165) is 45.2 Å². The molecule has 0 aliphatic heterocycles. The number of hydrogen-bond donors (Lipinski definition) is 0. The molecule has 4 nitrogen and oxygen atoms in total. The first-order chi connectivity index (χ1) is 31.3. The summed E-state index contributed by atoms with van der Waals surface area (Å²) in [6.07, 6.45) is 58.5. The van der Waals surface area contributed by atoms with Crippen molar-refractivity contribution >= 4 is 0 Å². The van der Waals surface area contributed by atoms with Crippen LogP contribution in [0, 0.1) is 16.7 Å². The second-order valence-corrected chi connectivity index (χ2v) is 21.2. The molecule has 0 fully saturated rings. The van der Waals surface area contributed by atoms with Gasteiger partial charge < -0.3 is 18.9 Å². The zero-order chi connectivity index (χ0) is 47.1. The Kier molecular flexibility index (Phi) is 47.8. The minimum Gasteiger partial charge on any atom is -0.353 e. The van der Waals surface area contributed by atoms with Gasteiger partial charge in [0, 0.05) is 26.4 Å². The molecule has 2 atom stereocenters. The van der Waals surface area contributed by atoms with E-state index in [9.17, 15) is 0 Å². The maximum absolute atomic E-state index is 5.81. The van der Waals surface area contributed by atoms with Gasteiger partial charge in [0.15, 0.2) is 12.6 Å². The lowest BCUT2D eigenvalue weighted by Gasteiger charge is -2.50. The van der Waals surface area contributed by atoms with Crippen molar-refractivity contribution in [2.45, 2.75) is 345 Å². The Hall–Kier alpha value is -0.160. The minimum absolute atomic E-state index is 0.00409. The van der Waals surface area contributed by atoms with E-state index in [1.54, 1.807) is 0 Å². The predicted octanol–water partition coefficient (Wildman–Crippen LogP) is 20.9. The van der Waals surface area contributed by atoms with Crippen LogP contribution in [0.25, 0.3) is 0 Å². The van der Waals surface area contributed by atoms with Crippen LogP contribution >= 0.6 is 0 Å². The highest BCUT2D eigenvalue weighted by atomic mass is 16.7. The highest BCUT2D eigenvalue weighted by Gasteiger charge is 2.44. The smallest absolute Gasteiger partial charge is 0.157 e. The van der Waals surface area contributed by atoms with Gasteiger partial charge in [-0.1, -0.05) is 247 Å². The SMILES string of the molecule is CCCCCCCCCC(C(C)(CCCCCCCCC)CCCCCCCCCC(OCC)OCC)C(C)(CCCCCCCCC)CCCCCCCCCC(OCC)OCC. The molecule has 2 unspecified atom stereocenters. The van der Waals surface area contributed by atoms with E-state index in [1.807, 2.05) is 0 Å². The van der Waals surface area contributed by atoms with Crippen LogP contribution in [-0.4, -0.2) is 39.0 Å². The highest BCUT2D eigenvalue weighted by Crippen LogP contribution is 2.54. The molecule has 0 aliphatic rings. The van der Waals surface area contributed by atoms with E-state index in [4.69, 9.17) is 18.9 Å². The second-order valence-electron chi connectivity index (χ2n) is 21.2. The molecule has 0 aliphatic carbocycles. The molecule has 64 heavy (non-hydrogen) atoms. The topological polar surface area (TPSA) is 36.9 Å². The van der Waals surface area contributed by atoms with E-state index in [1.165, 1.54) is 257 Å². The summed E-state index contributed by atoms with van der Waals surface area (Å²) < 4.78 is 23.2. The quantitative estimate of drug-likeness (QED) is 0.0450. The zero-order valence-corrected chi connectivity index (χ0v) is 45.9. The van der Waals surface area contributed by atoms with Crippen LogP contribution in [0.1, 0.15) is 332 Å². The van der Waals surface area contributed by atoms with Crippen molar-refractivity contribution in [1.82, 2.24) is 0 Å². The second kappa shape index (κ2) is 47.9. The van der Waals surface area contributed by atoms with Gasteiger partial charge in [0.25, 0.3) is 0 Å².